The third-order valence-corrected chi connectivity index (χ3v) is 4.59. The van der Waals surface area contributed by atoms with E-state index in [0.29, 0.717) is 25.4 Å². The Kier molecular flexibility index (Phi) is 3.10. The second kappa shape index (κ2) is 5.13. The van der Waals surface area contributed by atoms with Crippen LogP contribution >= 0.6 is 0 Å². The van der Waals surface area contributed by atoms with E-state index in [1.54, 1.807) is 0 Å². The molecule has 0 amide bonds. The van der Waals surface area contributed by atoms with Gasteiger partial charge < -0.3 is 18.9 Å². The third kappa shape index (κ3) is 2.15. The van der Waals surface area contributed by atoms with Crippen LogP contribution in [0.3, 0.4) is 0 Å². The van der Waals surface area contributed by atoms with Crippen molar-refractivity contribution in [3.8, 4) is 23.0 Å². The van der Waals surface area contributed by atoms with Gasteiger partial charge in [-0.3, -0.25) is 0 Å². The Hall–Kier alpha value is -2.36. The molecule has 114 valence electrons. The van der Waals surface area contributed by atoms with Gasteiger partial charge in [-0.1, -0.05) is 26.0 Å². The van der Waals surface area contributed by atoms with Gasteiger partial charge in [-0.2, -0.15) is 0 Å². The summed E-state index contributed by atoms with van der Waals surface area (Å²) in [5.74, 6) is 4.03. The Bertz CT molecular complexity index is 649. The second-order valence-corrected chi connectivity index (χ2v) is 5.80. The molecule has 0 bridgehead atoms. The number of rotatable bonds is 3. The lowest BCUT2D eigenvalue weighted by Crippen LogP contribution is -2.05. The molecule has 2 aliphatic rings. The third-order valence-electron chi connectivity index (χ3n) is 4.59. The first-order valence-corrected chi connectivity index (χ1v) is 7.51. The summed E-state index contributed by atoms with van der Waals surface area (Å²) in [6.45, 7) is 5.08. The zero-order valence-electron chi connectivity index (χ0n) is 12.7. The summed E-state index contributed by atoms with van der Waals surface area (Å²) in [5.41, 5.74) is 2.49. The molecule has 0 aromatic heterocycles. The van der Waals surface area contributed by atoms with Gasteiger partial charge in [0, 0.05) is 0 Å². The van der Waals surface area contributed by atoms with E-state index in [-0.39, 0.29) is 0 Å². The zero-order valence-corrected chi connectivity index (χ0v) is 12.7. The molecule has 4 rings (SSSR count). The van der Waals surface area contributed by atoms with Crippen molar-refractivity contribution in [2.75, 3.05) is 13.6 Å². The summed E-state index contributed by atoms with van der Waals surface area (Å²) in [7, 11) is 0. The molecule has 2 unspecified atom stereocenters. The highest BCUT2D eigenvalue weighted by molar-refractivity contribution is 5.48. The number of hydrogen-bond acceptors (Lipinski definition) is 4. The molecule has 0 aliphatic carbocycles. The average molecular weight is 298 g/mol. The fourth-order valence-corrected chi connectivity index (χ4v) is 2.97. The van der Waals surface area contributed by atoms with E-state index in [1.165, 1.54) is 11.1 Å². The summed E-state index contributed by atoms with van der Waals surface area (Å²) in [5, 5.41) is 0. The van der Waals surface area contributed by atoms with Gasteiger partial charge in [0.25, 0.3) is 0 Å². The van der Waals surface area contributed by atoms with E-state index in [0.717, 1.165) is 23.0 Å². The standard InChI is InChI=1S/C18H18O4/c1-11(13-3-5-15-17(7-13)21-9-19-15)12(2)14-4-6-16-18(8-14)22-10-20-16/h3-8,11-12H,9-10H2,1-2H3. The van der Waals surface area contributed by atoms with Crippen LogP contribution in [0.15, 0.2) is 36.4 Å². The summed E-state index contributed by atoms with van der Waals surface area (Å²) in [4.78, 5) is 0. The van der Waals surface area contributed by atoms with Crippen LogP contribution in [-0.4, -0.2) is 13.6 Å². The minimum absolute atomic E-state index is 0.310. The Morgan fingerprint density at radius 1 is 0.636 bits per heavy atom. The largest absolute Gasteiger partial charge is 0.454 e. The van der Waals surface area contributed by atoms with Crippen molar-refractivity contribution in [1.82, 2.24) is 0 Å². The molecule has 4 nitrogen and oxygen atoms in total. The van der Waals surface area contributed by atoms with Gasteiger partial charge in [0.05, 0.1) is 0 Å². The molecule has 2 aromatic carbocycles. The van der Waals surface area contributed by atoms with Gasteiger partial charge in [0.15, 0.2) is 23.0 Å². The van der Waals surface area contributed by atoms with Gasteiger partial charge in [-0.05, 0) is 47.2 Å². The summed E-state index contributed by atoms with van der Waals surface area (Å²) < 4.78 is 21.7. The molecule has 0 saturated heterocycles. The van der Waals surface area contributed by atoms with E-state index in [4.69, 9.17) is 18.9 Å². The van der Waals surface area contributed by atoms with Crippen molar-refractivity contribution in [2.24, 2.45) is 0 Å². The maximum Gasteiger partial charge on any atom is 0.231 e. The van der Waals surface area contributed by atoms with Crippen molar-refractivity contribution < 1.29 is 18.9 Å². The predicted octanol–water partition coefficient (Wildman–Crippen LogP) is 4.05. The van der Waals surface area contributed by atoms with Crippen molar-refractivity contribution in [3.63, 3.8) is 0 Å². The number of benzene rings is 2. The van der Waals surface area contributed by atoms with Crippen LogP contribution in [0.4, 0.5) is 0 Å². The molecule has 0 radical (unpaired) electrons. The van der Waals surface area contributed by atoms with E-state index in [1.807, 2.05) is 12.1 Å². The van der Waals surface area contributed by atoms with Crippen molar-refractivity contribution in [2.45, 2.75) is 25.7 Å². The maximum absolute atomic E-state index is 5.48. The zero-order chi connectivity index (χ0) is 15.1. The highest BCUT2D eigenvalue weighted by atomic mass is 16.7. The number of hydrogen-bond donors (Lipinski definition) is 0. The molecule has 0 saturated carbocycles. The summed E-state index contributed by atoms with van der Waals surface area (Å²) in [6.07, 6.45) is 0. The van der Waals surface area contributed by atoms with Crippen LogP contribution in [0.25, 0.3) is 0 Å². The summed E-state index contributed by atoms with van der Waals surface area (Å²) >= 11 is 0. The van der Waals surface area contributed by atoms with Crippen LogP contribution < -0.4 is 18.9 Å². The Morgan fingerprint density at radius 3 is 1.50 bits per heavy atom. The predicted molar refractivity (Wildman–Crippen MR) is 82.0 cm³/mol. The molecule has 2 aromatic rings. The fourth-order valence-electron chi connectivity index (χ4n) is 2.97. The van der Waals surface area contributed by atoms with Crippen LogP contribution in [0, 0.1) is 0 Å². The Morgan fingerprint density at radius 2 is 1.05 bits per heavy atom. The molecule has 4 heteroatoms. The molecule has 22 heavy (non-hydrogen) atoms. The minimum Gasteiger partial charge on any atom is -0.454 e. The lowest BCUT2D eigenvalue weighted by atomic mass is 9.84. The number of ether oxygens (including phenoxy) is 4. The molecular formula is C18H18O4. The van der Waals surface area contributed by atoms with Gasteiger partial charge in [-0.25, -0.2) is 0 Å². The molecule has 0 fully saturated rings. The van der Waals surface area contributed by atoms with E-state index in [2.05, 4.69) is 38.1 Å². The average Bonchev–Trinajstić information content (AvgIpc) is 3.20. The Balaban J connectivity index is 1.60. The van der Waals surface area contributed by atoms with Crippen LogP contribution in [0.1, 0.15) is 36.8 Å². The monoisotopic (exact) mass is 298 g/mol. The van der Waals surface area contributed by atoms with Crippen molar-refractivity contribution in [1.29, 1.82) is 0 Å². The lowest BCUT2D eigenvalue weighted by molar-refractivity contribution is 0.173. The molecule has 2 heterocycles. The van der Waals surface area contributed by atoms with Crippen LogP contribution in [0.5, 0.6) is 23.0 Å². The van der Waals surface area contributed by atoms with Gasteiger partial charge in [0.1, 0.15) is 0 Å². The van der Waals surface area contributed by atoms with Crippen LogP contribution in [0.2, 0.25) is 0 Å². The first-order chi connectivity index (χ1) is 10.7. The second-order valence-electron chi connectivity index (χ2n) is 5.80. The highest BCUT2D eigenvalue weighted by Gasteiger charge is 2.22. The van der Waals surface area contributed by atoms with E-state index < -0.39 is 0 Å². The summed E-state index contributed by atoms with van der Waals surface area (Å²) in [6, 6.07) is 12.4. The van der Waals surface area contributed by atoms with E-state index in [9.17, 15) is 0 Å². The van der Waals surface area contributed by atoms with Gasteiger partial charge in [0.2, 0.25) is 13.6 Å². The minimum atomic E-state index is 0.310. The fraction of sp³-hybridized carbons (Fsp3) is 0.333. The molecule has 2 atom stereocenters. The lowest BCUT2D eigenvalue weighted by Gasteiger charge is -2.21. The smallest absolute Gasteiger partial charge is 0.231 e. The maximum atomic E-state index is 5.48. The molecule has 2 aliphatic heterocycles. The molecule has 0 N–H and O–H groups in total. The molecular weight excluding hydrogens is 280 g/mol. The van der Waals surface area contributed by atoms with Gasteiger partial charge >= 0.3 is 0 Å². The first-order valence-electron chi connectivity index (χ1n) is 7.51. The van der Waals surface area contributed by atoms with Crippen molar-refractivity contribution in [3.05, 3.63) is 47.5 Å². The Labute approximate surface area is 129 Å². The normalized spacial score (nSPS) is 17.4. The van der Waals surface area contributed by atoms with Crippen LogP contribution in [-0.2, 0) is 0 Å². The SMILES string of the molecule is CC(c1ccc2c(c1)OCO2)C(C)c1ccc2c(c1)OCO2. The highest BCUT2D eigenvalue weighted by Crippen LogP contribution is 2.41. The molecule has 0 spiro atoms. The van der Waals surface area contributed by atoms with E-state index >= 15 is 0 Å². The topological polar surface area (TPSA) is 36.9 Å². The van der Waals surface area contributed by atoms with Crippen molar-refractivity contribution >= 4 is 0 Å². The first kappa shape index (κ1) is 13.3. The number of fused-ring (bicyclic) bond motifs is 2. The van der Waals surface area contributed by atoms with Gasteiger partial charge in [-0.15, -0.1) is 0 Å². The quantitative estimate of drug-likeness (QED) is 0.856.